The first-order valence-corrected chi connectivity index (χ1v) is 8.07. The van der Waals surface area contributed by atoms with Crippen LogP contribution < -0.4 is 0 Å². The van der Waals surface area contributed by atoms with Crippen LogP contribution in [0.5, 0.6) is 0 Å². The Morgan fingerprint density at radius 1 is 1.21 bits per heavy atom. The fourth-order valence-corrected chi connectivity index (χ4v) is 2.13. The fraction of sp³-hybridized carbons (Fsp3) is 0.412. The van der Waals surface area contributed by atoms with E-state index in [4.69, 9.17) is 20.9 Å². The van der Waals surface area contributed by atoms with E-state index in [-0.39, 0.29) is 31.1 Å². The van der Waals surface area contributed by atoms with Crippen molar-refractivity contribution >= 4 is 23.4 Å². The Bertz CT molecular complexity index is 695. The lowest BCUT2D eigenvalue weighted by atomic mass is 10.1. The number of benzene rings is 1. The molecule has 1 heterocycles. The minimum Gasteiger partial charge on any atom is -0.456 e. The molecule has 2 aromatic rings. The van der Waals surface area contributed by atoms with Crippen molar-refractivity contribution in [3.63, 3.8) is 0 Å². The molecule has 0 amide bonds. The largest absolute Gasteiger partial charge is 0.456 e. The molecule has 1 aromatic heterocycles. The Morgan fingerprint density at radius 2 is 1.92 bits per heavy atom. The third-order valence-corrected chi connectivity index (χ3v) is 3.43. The second-order valence-electron chi connectivity index (χ2n) is 5.79. The first-order chi connectivity index (χ1) is 11.4. The molecule has 2 rings (SSSR count). The molecule has 0 unspecified atom stereocenters. The summed E-state index contributed by atoms with van der Waals surface area (Å²) in [5.41, 5.74) is 0.516. The van der Waals surface area contributed by atoms with Crippen LogP contribution in [0.2, 0.25) is 5.02 Å². The highest BCUT2D eigenvalue weighted by atomic mass is 35.5. The molecular formula is C17H19ClN2O4. The highest BCUT2D eigenvalue weighted by Crippen LogP contribution is 2.12. The number of ether oxygens (including phenoxy) is 1. The summed E-state index contributed by atoms with van der Waals surface area (Å²) in [4.78, 5) is 27.8. The van der Waals surface area contributed by atoms with Gasteiger partial charge in [-0.3, -0.25) is 9.59 Å². The van der Waals surface area contributed by atoms with Crippen molar-refractivity contribution in [3.05, 3.63) is 46.6 Å². The number of Topliss-reactive ketones (excluding diaryl/α,β-unsaturated/α-hetero) is 1. The van der Waals surface area contributed by atoms with Gasteiger partial charge in [0, 0.05) is 23.4 Å². The molecule has 7 heteroatoms. The van der Waals surface area contributed by atoms with Crippen LogP contribution in [0.25, 0.3) is 0 Å². The summed E-state index contributed by atoms with van der Waals surface area (Å²) in [5.74, 6) is 0.635. The molecule has 128 valence electrons. The molecule has 0 aliphatic carbocycles. The molecule has 0 N–H and O–H groups in total. The molecule has 0 saturated carbocycles. The van der Waals surface area contributed by atoms with Gasteiger partial charge in [-0.15, -0.1) is 0 Å². The summed E-state index contributed by atoms with van der Waals surface area (Å²) in [5, 5.41) is 4.37. The van der Waals surface area contributed by atoms with Gasteiger partial charge in [0.2, 0.25) is 0 Å². The van der Waals surface area contributed by atoms with Gasteiger partial charge in [-0.25, -0.2) is 0 Å². The zero-order chi connectivity index (χ0) is 17.5. The van der Waals surface area contributed by atoms with Gasteiger partial charge in [0.05, 0.1) is 6.42 Å². The Balaban J connectivity index is 1.74. The summed E-state index contributed by atoms with van der Waals surface area (Å²) in [6, 6.07) is 6.53. The van der Waals surface area contributed by atoms with E-state index in [1.165, 1.54) is 0 Å². The molecule has 0 atom stereocenters. The minimum absolute atomic E-state index is 0.00551. The summed E-state index contributed by atoms with van der Waals surface area (Å²) < 4.78 is 10.0. The predicted molar refractivity (Wildman–Crippen MR) is 87.7 cm³/mol. The molecule has 24 heavy (non-hydrogen) atoms. The Hall–Kier alpha value is -2.21. The van der Waals surface area contributed by atoms with Crippen molar-refractivity contribution in [2.24, 2.45) is 5.92 Å². The van der Waals surface area contributed by atoms with E-state index in [9.17, 15) is 9.59 Å². The third-order valence-electron chi connectivity index (χ3n) is 3.18. The monoisotopic (exact) mass is 350 g/mol. The lowest BCUT2D eigenvalue weighted by Gasteiger charge is -2.02. The maximum atomic E-state index is 11.9. The highest BCUT2D eigenvalue weighted by Gasteiger charge is 2.13. The first-order valence-electron chi connectivity index (χ1n) is 7.70. The number of hydrogen-bond donors (Lipinski definition) is 0. The summed E-state index contributed by atoms with van der Waals surface area (Å²) in [6.45, 7) is 4.01. The van der Waals surface area contributed by atoms with Crippen LogP contribution in [0.3, 0.4) is 0 Å². The van der Waals surface area contributed by atoms with Crippen molar-refractivity contribution < 1.29 is 18.8 Å². The number of aromatic nitrogens is 2. The van der Waals surface area contributed by atoms with Crippen molar-refractivity contribution in [1.82, 2.24) is 10.1 Å². The van der Waals surface area contributed by atoms with Gasteiger partial charge in [-0.05, 0) is 30.2 Å². The fourth-order valence-electron chi connectivity index (χ4n) is 2.01. The van der Waals surface area contributed by atoms with Gasteiger partial charge in [0.25, 0.3) is 5.89 Å². The van der Waals surface area contributed by atoms with E-state index in [0.29, 0.717) is 28.7 Å². The molecule has 1 aromatic carbocycles. The molecular weight excluding hydrogens is 332 g/mol. The quantitative estimate of drug-likeness (QED) is 0.534. The van der Waals surface area contributed by atoms with Gasteiger partial charge in [-0.2, -0.15) is 4.98 Å². The number of rotatable bonds is 8. The van der Waals surface area contributed by atoms with Gasteiger partial charge in [0.15, 0.2) is 18.2 Å². The van der Waals surface area contributed by atoms with Crippen LogP contribution in [-0.4, -0.2) is 21.9 Å². The number of ketones is 1. The molecule has 0 saturated heterocycles. The topological polar surface area (TPSA) is 82.3 Å². The number of carbonyl (C=O) groups excluding carboxylic acids is 2. The SMILES string of the molecule is CC(C)Cc1noc(COC(=O)CCC(=O)c2ccc(Cl)cc2)n1. The number of hydrogen-bond acceptors (Lipinski definition) is 6. The van der Waals surface area contributed by atoms with Crippen LogP contribution in [0.1, 0.15) is 48.8 Å². The van der Waals surface area contributed by atoms with Gasteiger partial charge < -0.3 is 9.26 Å². The lowest BCUT2D eigenvalue weighted by Crippen LogP contribution is -2.08. The summed E-state index contributed by atoms with van der Waals surface area (Å²) in [7, 11) is 0. The molecule has 0 fully saturated rings. The predicted octanol–water partition coefficient (Wildman–Crippen LogP) is 3.63. The van der Waals surface area contributed by atoms with Crippen LogP contribution in [0, 0.1) is 5.92 Å². The number of halogens is 1. The highest BCUT2D eigenvalue weighted by molar-refractivity contribution is 6.30. The van der Waals surface area contributed by atoms with E-state index in [0.717, 1.165) is 0 Å². The maximum Gasteiger partial charge on any atom is 0.306 e. The molecule has 0 spiro atoms. The van der Waals surface area contributed by atoms with Gasteiger partial charge in [0.1, 0.15) is 0 Å². The van der Waals surface area contributed by atoms with E-state index >= 15 is 0 Å². The molecule has 0 aliphatic rings. The number of esters is 1. The van der Waals surface area contributed by atoms with Crippen LogP contribution in [0.15, 0.2) is 28.8 Å². The van der Waals surface area contributed by atoms with Gasteiger partial charge >= 0.3 is 5.97 Å². The van der Waals surface area contributed by atoms with Gasteiger partial charge in [-0.1, -0.05) is 30.6 Å². The Morgan fingerprint density at radius 3 is 2.58 bits per heavy atom. The van der Waals surface area contributed by atoms with Crippen molar-refractivity contribution in [3.8, 4) is 0 Å². The zero-order valence-electron chi connectivity index (χ0n) is 13.6. The second-order valence-corrected chi connectivity index (χ2v) is 6.23. The molecule has 0 radical (unpaired) electrons. The molecule has 0 aliphatic heterocycles. The number of nitrogens with zero attached hydrogens (tertiary/aromatic N) is 2. The zero-order valence-corrected chi connectivity index (χ0v) is 14.4. The average molecular weight is 351 g/mol. The normalized spacial score (nSPS) is 10.8. The number of carbonyl (C=O) groups is 2. The second kappa shape index (κ2) is 8.59. The van der Waals surface area contributed by atoms with E-state index < -0.39 is 5.97 Å². The standard InChI is InChI=1S/C17H19ClN2O4/c1-11(2)9-15-19-16(24-20-15)10-23-17(22)8-7-14(21)12-3-5-13(18)6-4-12/h3-6,11H,7-10H2,1-2H3. The summed E-state index contributed by atoms with van der Waals surface area (Å²) >= 11 is 5.77. The lowest BCUT2D eigenvalue weighted by molar-refractivity contribution is -0.145. The third kappa shape index (κ3) is 5.77. The molecule has 6 nitrogen and oxygen atoms in total. The van der Waals surface area contributed by atoms with Crippen LogP contribution >= 0.6 is 11.6 Å². The van der Waals surface area contributed by atoms with Crippen LogP contribution in [-0.2, 0) is 22.6 Å². The van der Waals surface area contributed by atoms with E-state index in [1.54, 1.807) is 24.3 Å². The van der Waals surface area contributed by atoms with E-state index in [2.05, 4.69) is 10.1 Å². The van der Waals surface area contributed by atoms with Crippen LogP contribution in [0.4, 0.5) is 0 Å². The van der Waals surface area contributed by atoms with Crippen molar-refractivity contribution in [2.45, 2.75) is 39.7 Å². The molecule has 0 bridgehead atoms. The average Bonchev–Trinajstić information content (AvgIpc) is 2.98. The van der Waals surface area contributed by atoms with E-state index in [1.807, 2.05) is 13.8 Å². The Kier molecular flexibility index (Phi) is 6.49. The van der Waals surface area contributed by atoms with Crippen molar-refractivity contribution in [1.29, 1.82) is 0 Å². The maximum absolute atomic E-state index is 11.9. The smallest absolute Gasteiger partial charge is 0.306 e. The summed E-state index contributed by atoms with van der Waals surface area (Å²) in [6.07, 6.45) is 0.768. The minimum atomic E-state index is -0.485. The van der Waals surface area contributed by atoms with Crippen molar-refractivity contribution in [2.75, 3.05) is 0 Å². The first kappa shape index (κ1) is 18.1. The Labute approximate surface area is 145 Å².